The zero-order valence-corrected chi connectivity index (χ0v) is 13.3. The van der Waals surface area contributed by atoms with Crippen molar-refractivity contribution in [3.63, 3.8) is 0 Å². The molecule has 5 nitrogen and oxygen atoms in total. The molecule has 0 saturated heterocycles. The fraction of sp³-hybridized carbons (Fsp3) is 0.500. The van der Waals surface area contributed by atoms with Crippen molar-refractivity contribution in [2.24, 2.45) is 0 Å². The van der Waals surface area contributed by atoms with Gasteiger partial charge in [0.05, 0.1) is 19.2 Å². The molecule has 0 aliphatic rings. The van der Waals surface area contributed by atoms with E-state index in [1.165, 1.54) is 5.56 Å². The molecule has 2 rings (SSSR count). The van der Waals surface area contributed by atoms with Gasteiger partial charge in [0.1, 0.15) is 17.4 Å². The minimum absolute atomic E-state index is 0.213. The molecule has 21 heavy (non-hydrogen) atoms. The molecule has 0 bridgehead atoms. The van der Waals surface area contributed by atoms with Gasteiger partial charge in [-0.05, 0) is 45.0 Å². The lowest BCUT2D eigenvalue weighted by Crippen LogP contribution is -2.26. The number of likely N-dealkylation sites (N-methyl/N-ethyl adjacent to an activating group) is 1. The highest BCUT2D eigenvalue weighted by Gasteiger charge is 2.14. The van der Waals surface area contributed by atoms with Crippen LogP contribution in [0.5, 0.6) is 5.75 Å². The van der Waals surface area contributed by atoms with Crippen LogP contribution in [0.15, 0.2) is 24.3 Å². The lowest BCUT2D eigenvalue weighted by atomic mass is 10.1. The van der Waals surface area contributed by atoms with Gasteiger partial charge in [0.15, 0.2) is 0 Å². The molecule has 5 heteroatoms. The molecule has 1 unspecified atom stereocenters. The number of hydrogen-bond donors (Lipinski definition) is 1. The molecule has 114 valence electrons. The fourth-order valence-electron chi connectivity index (χ4n) is 2.40. The molecule has 1 aromatic heterocycles. The van der Waals surface area contributed by atoms with E-state index in [-0.39, 0.29) is 6.04 Å². The highest BCUT2D eigenvalue weighted by Crippen LogP contribution is 2.19. The average molecular weight is 288 g/mol. The number of ether oxygens (including phenoxy) is 1. The molecule has 0 saturated carbocycles. The van der Waals surface area contributed by atoms with Crippen molar-refractivity contribution >= 4 is 0 Å². The second-order valence-corrected chi connectivity index (χ2v) is 5.00. The van der Waals surface area contributed by atoms with Crippen molar-refractivity contribution in [2.45, 2.75) is 40.3 Å². The smallest absolute Gasteiger partial charge is 0.147 e. The number of hydrogen-bond acceptors (Lipinski definition) is 4. The first-order valence-corrected chi connectivity index (χ1v) is 7.48. The summed E-state index contributed by atoms with van der Waals surface area (Å²) < 4.78 is 7.45. The highest BCUT2D eigenvalue weighted by atomic mass is 16.5. The van der Waals surface area contributed by atoms with E-state index >= 15 is 0 Å². The SMILES string of the molecule is CCNC(Cn1nc(C)nc1C)c1ccc(OCC)cc1. The van der Waals surface area contributed by atoms with Gasteiger partial charge in [-0.15, -0.1) is 0 Å². The molecular weight excluding hydrogens is 264 g/mol. The number of nitrogens with one attached hydrogen (secondary N) is 1. The Hall–Kier alpha value is -1.88. The minimum atomic E-state index is 0.213. The second-order valence-electron chi connectivity index (χ2n) is 5.00. The van der Waals surface area contributed by atoms with Gasteiger partial charge in [-0.1, -0.05) is 19.1 Å². The summed E-state index contributed by atoms with van der Waals surface area (Å²) in [6.45, 7) is 10.4. The first kappa shape index (κ1) is 15.5. The van der Waals surface area contributed by atoms with E-state index in [0.717, 1.165) is 30.5 Å². The largest absolute Gasteiger partial charge is 0.494 e. The van der Waals surface area contributed by atoms with Crippen LogP contribution in [-0.4, -0.2) is 27.9 Å². The number of aromatic nitrogens is 3. The van der Waals surface area contributed by atoms with Crippen LogP contribution >= 0.6 is 0 Å². The van der Waals surface area contributed by atoms with E-state index in [1.807, 2.05) is 37.6 Å². The predicted octanol–water partition coefficient (Wildman–Crippen LogP) is 2.64. The number of benzene rings is 1. The topological polar surface area (TPSA) is 52.0 Å². The lowest BCUT2D eigenvalue weighted by molar-refractivity contribution is 0.340. The van der Waals surface area contributed by atoms with Crippen molar-refractivity contribution in [3.05, 3.63) is 41.5 Å². The van der Waals surface area contributed by atoms with Crippen LogP contribution in [0.3, 0.4) is 0 Å². The molecule has 2 aromatic rings. The predicted molar refractivity (Wildman–Crippen MR) is 83.5 cm³/mol. The van der Waals surface area contributed by atoms with Crippen LogP contribution in [0.25, 0.3) is 0 Å². The Kier molecular flexibility index (Phi) is 5.33. The van der Waals surface area contributed by atoms with Crippen molar-refractivity contribution in [3.8, 4) is 5.75 Å². The van der Waals surface area contributed by atoms with Gasteiger partial charge in [0, 0.05) is 0 Å². The Balaban J connectivity index is 2.16. The van der Waals surface area contributed by atoms with Gasteiger partial charge in [-0.25, -0.2) is 9.67 Å². The molecule has 0 amide bonds. The highest BCUT2D eigenvalue weighted by molar-refractivity contribution is 5.29. The van der Waals surface area contributed by atoms with E-state index in [0.29, 0.717) is 6.61 Å². The normalized spacial score (nSPS) is 12.4. The van der Waals surface area contributed by atoms with Crippen LogP contribution in [0, 0.1) is 13.8 Å². The summed E-state index contributed by atoms with van der Waals surface area (Å²) in [4.78, 5) is 4.36. The van der Waals surface area contributed by atoms with Crippen molar-refractivity contribution in [1.82, 2.24) is 20.1 Å². The van der Waals surface area contributed by atoms with Crippen LogP contribution in [0.1, 0.15) is 37.1 Å². The summed E-state index contributed by atoms with van der Waals surface area (Å²) in [7, 11) is 0. The Morgan fingerprint density at radius 2 is 1.90 bits per heavy atom. The Labute approximate surface area is 126 Å². The number of aryl methyl sites for hydroxylation is 2. The fourth-order valence-corrected chi connectivity index (χ4v) is 2.40. The van der Waals surface area contributed by atoms with Gasteiger partial charge in [-0.2, -0.15) is 5.10 Å². The summed E-state index contributed by atoms with van der Waals surface area (Å²) in [5, 5.41) is 7.95. The number of rotatable bonds is 7. The summed E-state index contributed by atoms with van der Waals surface area (Å²) in [5.41, 5.74) is 1.23. The quantitative estimate of drug-likeness (QED) is 0.851. The molecule has 1 aromatic carbocycles. The molecule has 0 aliphatic heterocycles. The molecule has 0 radical (unpaired) electrons. The lowest BCUT2D eigenvalue weighted by Gasteiger charge is -2.19. The monoisotopic (exact) mass is 288 g/mol. The first-order valence-electron chi connectivity index (χ1n) is 7.48. The van der Waals surface area contributed by atoms with Crippen molar-refractivity contribution in [2.75, 3.05) is 13.2 Å². The van der Waals surface area contributed by atoms with Crippen LogP contribution in [0.2, 0.25) is 0 Å². The summed E-state index contributed by atoms with van der Waals surface area (Å²) in [5.74, 6) is 2.67. The molecule has 1 atom stereocenters. The van der Waals surface area contributed by atoms with E-state index in [4.69, 9.17) is 4.74 Å². The van der Waals surface area contributed by atoms with Gasteiger partial charge >= 0.3 is 0 Å². The molecule has 1 heterocycles. The maximum absolute atomic E-state index is 5.49. The summed E-state index contributed by atoms with van der Waals surface area (Å²) in [6, 6.07) is 8.46. The van der Waals surface area contributed by atoms with E-state index in [9.17, 15) is 0 Å². The van der Waals surface area contributed by atoms with E-state index < -0.39 is 0 Å². The summed E-state index contributed by atoms with van der Waals surface area (Å²) in [6.07, 6.45) is 0. The van der Waals surface area contributed by atoms with E-state index in [1.54, 1.807) is 0 Å². The van der Waals surface area contributed by atoms with Gasteiger partial charge in [0.25, 0.3) is 0 Å². The van der Waals surface area contributed by atoms with Crippen LogP contribution in [0.4, 0.5) is 0 Å². The Bertz CT molecular complexity index is 562. The van der Waals surface area contributed by atoms with E-state index in [2.05, 4.69) is 34.5 Å². The zero-order valence-electron chi connectivity index (χ0n) is 13.3. The maximum atomic E-state index is 5.49. The molecule has 0 fully saturated rings. The molecule has 0 aliphatic carbocycles. The Morgan fingerprint density at radius 3 is 2.43 bits per heavy atom. The van der Waals surface area contributed by atoms with Crippen molar-refractivity contribution in [1.29, 1.82) is 0 Å². The number of nitrogens with zero attached hydrogens (tertiary/aromatic N) is 3. The first-order chi connectivity index (χ1) is 10.1. The standard InChI is InChI=1S/C16H24N4O/c1-5-17-16(11-20-13(4)18-12(3)19-20)14-7-9-15(10-8-14)21-6-2/h7-10,16-17H,5-6,11H2,1-4H3. The van der Waals surface area contributed by atoms with Crippen LogP contribution < -0.4 is 10.1 Å². The molecular formula is C16H24N4O. The minimum Gasteiger partial charge on any atom is -0.494 e. The van der Waals surface area contributed by atoms with Gasteiger partial charge < -0.3 is 10.1 Å². The van der Waals surface area contributed by atoms with Crippen molar-refractivity contribution < 1.29 is 4.74 Å². The third-order valence-electron chi connectivity index (χ3n) is 3.36. The van der Waals surface area contributed by atoms with Gasteiger partial charge in [0.2, 0.25) is 0 Å². The second kappa shape index (κ2) is 7.22. The average Bonchev–Trinajstić information content (AvgIpc) is 2.78. The van der Waals surface area contributed by atoms with Gasteiger partial charge in [-0.3, -0.25) is 0 Å². The Morgan fingerprint density at radius 1 is 1.19 bits per heavy atom. The van der Waals surface area contributed by atoms with Crippen LogP contribution in [-0.2, 0) is 6.54 Å². The molecule has 0 spiro atoms. The molecule has 1 N–H and O–H groups in total. The summed E-state index contributed by atoms with van der Waals surface area (Å²) >= 11 is 0. The third kappa shape index (κ3) is 4.04. The maximum Gasteiger partial charge on any atom is 0.147 e. The third-order valence-corrected chi connectivity index (χ3v) is 3.36. The zero-order chi connectivity index (χ0) is 15.2.